The van der Waals surface area contributed by atoms with Crippen LogP contribution in [0, 0.1) is 6.92 Å². The minimum Gasteiger partial charge on any atom is -0.391 e. The number of hydrogen-bond acceptors (Lipinski definition) is 2. The number of nitrogens with zero attached hydrogens (tertiary/aromatic N) is 1. The molecule has 0 N–H and O–H groups in total. The largest absolute Gasteiger partial charge is 0.391 e. The number of rotatable bonds is 5. The van der Waals surface area contributed by atoms with Gasteiger partial charge in [-0.2, -0.15) is 0 Å². The fourth-order valence-electron chi connectivity index (χ4n) is 3.27. The molecule has 1 aliphatic rings. The molecule has 2 nitrogen and oxygen atoms in total. The molecule has 3 rings (SSSR count). The molecule has 23 heavy (non-hydrogen) atoms. The lowest BCUT2D eigenvalue weighted by Gasteiger charge is -2.21. The SMILES string of the molecule is Cc1ccccc1CON=Cc1ccc(C2CCCCC2)cc1. The lowest BCUT2D eigenvalue weighted by Crippen LogP contribution is -2.04. The summed E-state index contributed by atoms with van der Waals surface area (Å²) in [6.07, 6.45) is 8.63. The van der Waals surface area contributed by atoms with E-state index in [1.54, 1.807) is 6.21 Å². The van der Waals surface area contributed by atoms with Gasteiger partial charge in [-0.3, -0.25) is 0 Å². The van der Waals surface area contributed by atoms with Crippen LogP contribution in [0.3, 0.4) is 0 Å². The van der Waals surface area contributed by atoms with E-state index in [0.717, 1.165) is 11.5 Å². The lowest BCUT2D eigenvalue weighted by atomic mass is 9.84. The van der Waals surface area contributed by atoms with Crippen molar-refractivity contribution in [2.75, 3.05) is 0 Å². The smallest absolute Gasteiger partial charge is 0.142 e. The zero-order chi connectivity index (χ0) is 15.9. The Balaban J connectivity index is 1.52. The second-order valence-electron chi connectivity index (χ2n) is 6.44. The topological polar surface area (TPSA) is 21.6 Å². The number of benzene rings is 2. The van der Waals surface area contributed by atoms with Crippen molar-refractivity contribution in [3.05, 3.63) is 70.8 Å². The van der Waals surface area contributed by atoms with E-state index in [9.17, 15) is 0 Å². The molecule has 0 saturated heterocycles. The highest BCUT2D eigenvalue weighted by Gasteiger charge is 2.14. The van der Waals surface area contributed by atoms with E-state index in [4.69, 9.17) is 4.84 Å². The number of aryl methyl sites for hydroxylation is 1. The summed E-state index contributed by atoms with van der Waals surface area (Å²) in [6, 6.07) is 17.0. The fourth-order valence-corrected chi connectivity index (χ4v) is 3.27. The highest BCUT2D eigenvalue weighted by Crippen LogP contribution is 2.32. The van der Waals surface area contributed by atoms with E-state index in [0.29, 0.717) is 6.61 Å². The van der Waals surface area contributed by atoms with Gasteiger partial charge in [0.15, 0.2) is 0 Å². The molecule has 0 spiro atoms. The Morgan fingerprint density at radius 1 is 1.00 bits per heavy atom. The maximum absolute atomic E-state index is 5.42. The first-order valence-electron chi connectivity index (χ1n) is 8.63. The second kappa shape index (κ2) is 7.96. The summed E-state index contributed by atoms with van der Waals surface area (Å²) >= 11 is 0. The second-order valence-corrected chi connectivity index (χ2v) is 6.44. The summed E-state index contributed by atoms with van der Waals surface area (Å²) in [4.78, 5) is 5.42. The Morgan fingerprint density at radius 2 is 1.74 bits per heavy atom. The van der Waals surface area contributed by atoms with Crippen LogP contribution in [0.15, 0.2) is 53.7 Å². The molecule has 1 fully saturated rings. The van der Waals surface area contributed by atoms with Gasteiger partial charge < -0.3 is 4.84 Å². The maximum atomic E-state index is 5.42. The average molecular weight is 307 g/mol. The maximum Gasteiger partial charge on any atom is 0.142 e. The number of oxime groups is 1. The fraction of sp³-hybridized carbons (Fsp3) is 0.381. The minimum atomic E-state index is 0.517. The molecule has 2 aromatic carbocycles. The van der Waals surface area contributed by atoms with Gasteiger partial charge in [-0.05, 0) is 47.9 Å². The third-order valence-corrected chi connectivity index (χ3v) is 4.77. The highest BCUT2D eigenvalue weighted by atomic mass is 16.6. The van der Waals surface area contributed by atoms with Crippen LogP contribution in [0.1, 0.15) is 60.3 Å². The molecule has 0 radical (unpaired) electrons. The Kier molecular flexibility index (Phi) is 5.46. The average Bonchev–Trinajstić information content (AvgIpc) is 2.61. The van der Waals surface area contributed by atoms with Crippen LogP contribution < -0.4 is 0 Å². The molecule has 2 heteroatoms. The molecule has 0 unspecified atom stereocenters. The van der Waals surface area contributed by atoms with Gasteiger partial charge in [-0.15, -0.1) is 0 Å². The number of hydrogen-bond donors (Lipinski definition) is 0. The molecule has 0 heterocycles. The zero-order valence-corrected chi connectivity index (χ0v) is 13.9. The molecule has 0 bridgehead atoms. The molecular weight excluding hydrogens is 282 g/mol. The zero-order valence-electron chi connectivity index (χ0n) is 13.9. The van der Waals surface area contributed by atoms with Crippen molar-refractivity contribution in [3.8, 4) is 0 Å². The highest BCUT2D eigenvalue weighted by molar-refractivity contribution is 5.79. The molecule has 0 amide bonds. The van der Waals surface area contributed by atoms with Gasteiger partial charge in [0.2, 0.25) is 0 Å². The molecule has 120 valence electrons. The van der Waals surface area contributed by atoms with Crippen molar-refractivity contribution >= 4 is 6.21 Å². The Hall–Kier alpha value is -2.09. The van der Waals surface area contributed by atoms with Gasteiger partial charge in [-0.1, -0.05) is 72.9 Å². The normalized spacial score (nSPS) is 15.9. The molecule has 2 aromatic rings. The summed E-state index contributed by atoms with van der Waals surface area (Å²) in [6.45, 7) is 2.61. The van der Waals surface area contributed by atoms with Crippen molar-refractivity contribution in [2.45, 2.75) is 51.6 Å². The first-order chi connectivity index (χ1) is 11.3. The van der Waals surface area contributed by atoms with Gasteiger partial charge in [0.1, 0.15) is 6.61 Å². The first-order valence-corrected chi connectivity index (χ1v) is 8.63. The summed E-state index contributed by atoms with van der Waals surface area (Å²) in [5.41, 5.74) is 4.98. The van der Waals surface area contributed by atoms with E-state index >= 15 is 0 Å². The van der Waals surface area contributed by atoms with Crippen LogP contribution in [0.4, 0.5) is 0 Å². The summed E-state index contributed by atoms with van der Waals surface area (Å²) in [5.74, 6) is 0.757. The van der Waals surface area contributed by atoms with Crippen molar-refractivity contribution in [1.82, 2.24) is 0 Å². The Labute approximate surface area is 139 Å². The molecule has 0 atom stereocenters. The predicted molar refractivity (Wildman–Crippen MR) is 95.8 cm³/mol. The van der Waals surface area contributed by atoms with Crippen LogP contribution in [0.2, 0.25) is 0 Å². The standard InChI is InChI=1S/C21H25NO/c1-17-7-5-6-10-21(17)16-23-22-15-18-11-13-20(14-12-18)19-8-3-2-4-9-19/h5-7,10-15,19H,2-4,8-9,16H2,1H3. The van der Waals surface area contributed by atoms with E-state index in [1.165, 1.54) is 48.8 Å². The van der Waals surface area contributed by atoms with Gasteiger partial charge in [0, 0.05) is 0 Å². The summed E-state index contributed by atoms with van der Waals surface area (Å²) in [5, 5.41) is 4.10. The van der Waals surface area contributed by atoms with Crippen LogP contribution >= 0.6 is 0 Å². The quantitative estimate of drug-likeness (QED) is 0.521. The van der Waals surface area contributed by atoms with Crippen LogP contribution in [-0.4, -0.2) is 6.21 Å². The molecule has 0 aromatic heterocycles. The molecule has 1 saturated carbocycles. The van der Waals surface area contributed by atoms with E-state index in [-0.39, 0.29) is 0 Å². The summed E-state index contributed by atoms with van der Waals surface area (Å²) < 4.78 is 0. The predicted octanol–water partition coefficient (Wildman–Crippen LogP) is 5.59. The van der Waals surface area contributed by atoms with Crippen LogP contribution in [-0.2, 0) is 11.4 Å². The van der Waals surface area contributed by atoms with E-state index < -0.39 is 0 Å². The third kappa shape index (κ3) is 4.44. The first kappa shape index (κ1) is 15.8. The van der Waals surface area contributed by atoms with Gasteiger partial charge >= 0.3 is 0 Å². The lowest BCUT2D eigenvalue weighted by molar-refractivity contribution is 0.131. The van der Waals surface area contributed by atoms with Crippen LogP contribution in [0.25, 0.3) is 0 Å². The van der Waals surface area contributed by atoms with Crippen molar-refractivity contribution in [3.63, 3.8) is 0 Å². The van der Waals surface area contributed by atoms with E-state index in [1.807, 2.05) is 12.1 Å². The van der Waals surface area contributed by atoms with Crippen molar-refractivity contribution < 1.29 is 4.84 Å². The van der Waals surface area contributed by atoms with Crippen molar-refractivity contribution in [2.24, 2.45) is 5.16 Å². The van der Waals surface area contributed by atoms with Crippen LogP contribution in [0.5, 0.6) is 0 Å². The Bertz CT molecular complexity index is 639. The molecule has 0 aliphatic heterocycles. The Morgan fingerprint density at radius 3 is 2.48 bits per heavy atom. The van der Waals surface area contributed by atoms with E-state index in [2.05, 4.69) is 48.5 Å². The molecular formula is C21H25NO. The van der Waals surface area contributed by atoms with Gasteiger partial charge in [0.25, 0.3) is 0 Å². The third-order valence-electron chi connectivity index (χ3n) is 4.77. The monoisotopic (exact) mass is 307 g/mol. The van der Waals surface area contributed by atoms with Crippen molar-refractivity contribution in [1.29, 1.82) is 0 Å². The minimum absolute atomic E-state index is 0.517. The summed E-state index contributed by atoms with van der Waals surface area (Å²) in [7, 11) is 0. The molecule has 1 aliphatic carbocycles. The van der Waals surface area contributed by atoms with Gasteiger partial charge in [0.05, 0.1) is 6.21 Å². The van der Waals surface area contributed by atoms with Gasteiger partial charge in [-0.25, -0.2) is 0 Å².